The number of pyridine rings is 1. The highest BCUT2D eigenvalue weighted by molar-refractivity contribution is 5.67. The Morgan fingerprint density at radius 3 is 2.71 bits per heavy atom. The van der Waals surface area contributed by atoms with Gasteiger partial charge in [-0.3, -0.25) is 4.98 Å². The van der Waals surface area contributed by atoms with Crippen molar-refractivity contribution in [2.75, 3.05) is 19.7 Å². The molecule has 0 bridgehead atoms. The zero-order valence-electron chi connectivity index (χ0n) is 10.6. The average Bonchev–Trinajstić information content (AvgIpc) is 2.37. The van der Waals surface area contributed by atoms with Gasteiger partial charge in [0.25, 0.3) is 0 Å². The standard InChI is InChI=1S/C13H20N2O2/c1-3-15(4-2)13(16)17-11-7-9-12-8-5-6-10-14-12/h5-6,8,10H,3-4,7,9,11H2,1-2H3. The molecule has 17 heavy (non-hydrogen) atoms. The molecule has 4 nitrogen and oxygen atoms in total. The number of hydrogen-bond donors (Lipinski definition) is 0. The van der Waals surface area contributed by atoms with Crippen LogP contribution in [0.15, 0.2) is 24.4 Å². The van der Waals surface area contributed by atoms with Gasteiger partial charge < -0.3 is 9.64 Å². The van der Waals surface area contributed by atoms with Crippen LogP contribution in [0, 0.1) is 0 Å². The van der Waals surface area contributed by atoms with E-state index >= 15 is 0 Å². The molecule has 0 fully saturated rings. The first-order chi connectivity index (χ1) is 8.27. The van der Waals surface area contributed by atoms with Crippen LogP contribution in [0.25, 0.3) is 0 Å². The third-order valence-corrected chi connectivity index (χ3v) is 2.55. The number of aryl methyl sites for hydroxylation is 1. The second-order valence-corrected chi connectivity index (χ2v) is 3.71. The van der Waals surface area contributed by atoms with E-state index in [-0.39, 0.29) is 6.09 Å². The fourth-order valence-electron chi connectivity index (χ4n) is 1.53. The smallest absolute Gasteiger partial charge is 0.409 e. The Kier molecular flexibility index (Phi) is 6.07. The molecule has 0 N–H and O–H groups in total. The molecule has 1 amide bonds. The highest BCUT2D eigenvalue weighted by atomic mass is 16.6. The van der Waals surface area contributed by atoms with Gasteiger partial charge in [0.05, 0.1) is 6.61 Å². The number of rotatable bonds is 6. The Bertz CT molecular complexity index is 323. The number of hydrogen-bond acceptors (Lipinski definition) is 3. The van der Waals surface area contributed by atoms with E-state index in [4.69, 9.17) is 4.74 Å². The molecule has 0 unspecified atom stereocenters. The lowest BCUT2D eigenvalue weighted by molar-refractivity contribution is 0.105. The Labute approximate surface area is 103 Å². The van der Waals surface area contributed by atoms with E-state index < -0.39 is 0 Å². The van der Waals surface area contributed by atoms with Gasteiger partial charge in [0.15, 0.2) is 0 Å². The Morgan fingerprint density at radius 2 is 2.12 bits per heavy atom. The van der Waals surface area contributed by atoms with Crippen molar-refractivity contribution >= 4 is 6.09 Å². The monoisotopic (exact) mass is 236 g/mol. The van der Waals surface area contributed by atoms with Gasteiger partial charge in [-0.2, -0.15) is 0 Å². The van der Waals surface area contributed by atoms with E-state index in [0.29, 0.717) is 19.7 Å². The third kappa shape index (κ3) is 4.85. The lowest BCUT2D eigenvalue weighted by atomic mass is 10.2. The van der Waals surface area contributed by atoms with Crippen LogP contribution in [-0.4, -0.2) is 35.7 Å². The van der Waals surface area contributed by atoms with Gasteiger partial charge in [-0.15, -0.1) is 0 Å². The summed E-state index contributed by atoms with van der Waals surface area (Å²) in [6.45, 7) is 5.72. The lowest BCUT2D eigenvalue weighted by Crippen LogP contribution is -2.31. The van der Waals surface area contributed by atoms with Crippen molar-refractivity contribution in [3.63, 3.8) is 0 Å². The predicted molar refractivity (Wildman–Crippen MR) is 66.8 cm³/mol. The fourth-order valence-corrected chi connectivity index (χ4v) is 1.53. The average molecular weight is 236 g/mol. The summed E-state index contributed by atoms with van der Waals surface area (Å²) in [5, 5.41) is 0. The van der Waals surface area contributed by atoms with Crippen molar-refractivity contribution < 1.29 is 9.53 Å². The summed E-state index contributed by atoms with van der Waals surface area (Å²) in [7, 11) is 0. The molecule has 94 valence electrons. The first-order valence-corrected chi connectivity index (χ1v) is 6.09. The maximum absolute atomic E-state index is 11.5. The van der Waals surface area contributed by atoms with Crippen LogP contribution < -0.4 is 0 Å². The quantitative estimate of drug-likeness (QED) is 0.713. The molecule has 0 spiro atoms. The van der Waals surface area contributed by atoms with E-state index in [1.807, 2.05) is 32.0 Å². The second kappa shape index (κ2) is 7.65. The van der Waals surface area contributed by atoms with Crippen LogP contribution in [0.5, 0.6) is 0 Å². The topological polar surface area (TPSA) is 42.4 Å². The number of carbonyl (C=O) groups excluding carboxylic acids is 1. The molecular formula is C13H20N2O2. The maximum atomic E-state index is 11.5. The van der Waals surface area contributed by atoms with Gasteiger partial charge >= 0.3 is 6.09 Å². The van der Waals surface area contributed by atoms with Gasteiger partial charge in [-0.05, 0) is 38.8 Å². The summed E-state index contributed by atoms with van der Waals surface area (Å²) in [5.41, 5.74) is 1.03. The van der Waals surface area contributed by atoms with Crippen LogP contribution in [0.1, 0.15) is 26.0 Å². The molecule has 0 atom stereocenters. The Balaban J connectivity index is 2.18. The van der Waals surface area contributed by atoms with E-state index in [0.717, 1.165) is 18.5 Å². The van der Waals surface area contributed by atoms with E-state index in [1.54, 1.807) is 11.1 Å². The zero-order valence-corrected chi connectivity index (χ0v) is 10.6. The van der Waals surface area contributed by atoms with Crippen LogP contribution in [0.3, 0.4) is 0 Å². The first-order valence-electron chi connectivity index (χ1n) is 6.09. The number of carbonyl (C=O) groups is 1. The third-order valence-electron chi connectivity index (χ3n) is 2.55. The lowest BCUT2D eigenvalue weighted by Gasteiger charge is -2.17. The molecule has 1 aromatic rings. The van der Waals surface area contributed by atoms with Crippen LogP contribution >= 0.6 is 0 Å². The van der Waals surface area contributed by atoms with Crippen LogP contribution in [0.2, 0.25) is 0 Å². The van der Waals surface area contributed by atoms with Gasteiger partial charge in [0.2, 0.25) is 0 Å². The van der Waals surface area contributed by atoms with Gasteiger partial charge in [-0.25, -0.2) is 4.79 Å². The van der Waals surface area contributed by atoms with Gasteiger partial charge in [0, 0.05) is 25.0 Å². The van der Waals surface area contributed by atoms with Crippen molar-refractivity contribution in [1.82, 2.24) is 9.88 Å². The minimum absolute atomic E-state index is 0.226. The fraction of sp³-hybridized carbons (Fsp3) is 0.538. The molecule has 1 heterocycles. The van der Waals surface area contributed by atoms with E-state index in [9.17, 15) is 4.79 Å². The molecule has 0 aromatic carbocycles. The second-order valence-electron chi connectivity index (χ2n) is 3.71. The summed E-state index contributed by atoms with van der Waals surface area (Å²) in [4.78, 5) is 17.4. The minimum atomic E-state index is -0.226. The van der Waals surface area contributed by atoms with Crippen molar-refractivity contribution in [3.05, 3.63) is 30.1 Å². The predicted octanol–water partition coefficient (Wildman–Crippen LogP) is 2.49. The summed E-state index contributed by atoms with van der Waals surface area (Å²) in [6.07, 6.45) is 3.20. The number of amides is 1. The van der Waals surface area contributed by atoms with Crippen molar-refractivity contribution in [2.24, 2.45) is 0 Å². The van der Waals surface area contributed by atoms with Crippen molar-refractivity contribution in [3.8, 4) is 0 Å². The molecule has 0 aliphatic heterocycles. The molecule has 0 radical (unpaired) electrons. The molecule has 1 rings (SSSR count). The molecule has 0 aliphatic carbocycles. The highest BCUT2D eigenvalue weighted by Crippen LogP contribution is 2.00. The van der Waals surface area contributed by atoms with Crippen LogP contribution in [-0.2, 0) is 11.2 Å². The largest absolute Gasteiger partial charge is 0.449 e. The van der Waals surface area contributed by atoms with E-state index in [2.05, 4.69) is 4.98 Å². The summed E-state index contributed by atoms with van der Waals surface area (Å²) < 4.78 is 5.17. The first kappa shape index (κ1) is 13.5. The van der Waals surface area contributed by atoms with Gasteiger partial charge in [-0.1, -0.05) is 6.07 Å². The Hall–Kier alpha value is -1.58. The summed E-state index contributed by atoms with van der Waals surface area (Å²) >= 11 is 0. The SMILES string of the molecule is CCN(CC)C(=O)OCCCc1ccccn1. The van der Waals surface area contributed by atoms with Crippen molar-refractivity contribution in [2.45, 2.75) is 26.7 Å². The van der Waals surface area contributed by atoms with Gasteiger partial charge in [0.1, 0.15) is 0 Å². The molecule has 4 heteroatoms. The van der Waals surface area contributed by atoms with E-state index in [1.165, 1.54) is 0 Å². The molecular weight excluding hydrogens is 216 g/mol. The maximum Gasteiger partial charge on any atom is 0.409 e. The molecule has 1 aromatic heterocycles. The molecule has 0 aliphatic rings. The number of ether oxygens (including phenoxy) is 1. The summed E-state index contributed by atoms with van der Waals surface area (Å²) in [5.74, 6) is 0. The number of aromatic nitrogens is 1. The number of nitrogens with zero attached hydrogens (tertiary/aromatic N) is 2. The molecule has 0 saturated carbocycles. The zero-order chi connectivity index (χ0) is 12.5. The van der Waals surface area contributed by atoms with Crippen molar-refractivity contribution in [1.29, 1.82) is 0 Å². The Morgan fingerprint density at radius 1 is 1.35 bits per heavy atom. The highest BCUT2D eigenvalue weighted by Gasteiger charge is 2.09. The minimum Gasteiger partial charge on any atom is -0.449 e. The normalized spacial score (nSPS) is 10.0. The molecule has 0 saturated heterocycles. The van der Waals surface area contributed by atoms with Crippen LogP contribution in [0.4, 0.5) is 4.79 Å². The summed E-state index contributed by atoms with van der Waals surface area (Å²) in [6, 6.07) is 5.83.